The number of amides is 2. The van der Waals surface area contributed by atoms with Gasteiger partial charge in [-0.3, -0.25) is 9.69 Å². The van der Waals surface area contributed by atoms with Gasteiger partial charge in [0.15, 0.2) is 5.78 Å². The molecule has 5 nitrogen and oxygen atoms in total. The first-order chi connectivity index (χ1) is 11.5. The quantitative estimate of drug-likeness (QED) is 0.813. The van der Waals surface area contributed by atoms with Crippen LogP contribution in [0.5, 0.6) is 0 Å². The van der Waals surface area contributed by atoms with Gasteiger partial charge in [0.2, 0.25) is 0 Å². The normalized spacial score (nSPS) is 14.9. The van der Waals surface area contributed by atoms with Gasteiger partial charge in [-0.25, -0.2) is 4.79 Å². The third-order valence-corrected chi connectivity index (χ3v) is 4.15. The van der Waals surface area contributed by atoms with E-state index in [2.05, 4.69) is 4.90 Å². The second kappa shape index (κ2) is 6.74. The molecular formula is C19H21N3O2. The Labute approximate surface area is 142 Å². The van der Waals surface area contributed by atoms with Gasteiger partial charge in [0.05, 0.1) is 19.9 Å². The van der Waals surface area contributed by atoms with Crippen LogP contribution in [-0.4, -0.2) is 48.5 Å². The number of aryl methyl sites for hydroxylation is 1. The number of rotatable bonds is 4. The Balaban J connectivity index is 1.75. The zero-order valence-corrected chi connectivity index (χ0v) is 14.0. The number of ketones is 1. The first-order valence-electron chi connectivity index (χ1n) is 7.94. The molecule has 0 aromatic heterocycles. The molecule has 3 rings (SSSR count). The van der Waals surface area contributed by atoms with Gasteiger partial charge in [-0.05, 0) is 19.1 Å². The van der Waals surface area contributed by atoms with Crippen LogP contribution in [-0.2, 0) is 0 Å². The van der Waals surface area contributed by atoms with Crippen LogP contribution in [0.15, 0.2) is 54.6 Å². The van der Waals surface area contributed by atoms with E-state index in [0.717, 1.165) is 5.69 Å². The summed E-state index contributed by atoms with van der Waals surface area (Å²) in [5, 5.41) is 0. The zero-order chi connectivity index (χ0) is 17.1. The molecule has 5 heteroatoms. The molecule has 124 valence electrons. The molecule has 2 aromatic carbocycles. The molecule has 0 bridgehead atoms. The Kier molecular flexibility index (Phi) is 4.51. The first-order valence-corrected chi connectivity index (χ1v) is 7.94. The lowest BCUT2D eigenvalue weighted by Crippen LogP contribution is -2.57. The van der Waals surface area contributed by atoms with Crippen LogP contribution in [0.25, 0.3) is 0 Å². The maximum absolute atomic E-state index is 12.4. The van der Waals surface area contributed by atoms with Crippen LogP contribution in [0.2, 0.25) is 0 Å². The van der Waals surface area contributed by atoms with Crippen LogP contribution < -0.4 is 4.90 Å². The standard InChI is InChI=1S/C19H21N3O2/c1-15-8-10-17(11-9-15)22-13-20(2)19(24)21(14-22)12-18(23)16-6-4-3-5-7-16/h3-11H,12-14H2,1-2H3. The number of Topliss-reactive ketones (excluding diaryl/α,β-unsaturated/α-hetero) is 1. The van der Waals surface area contributed by atoms with Crippen molar-refractivity contribution in [3.63, 3.8) is 0 Å². The molecule has 1 fully saturated rings. The molecule has 0 N–H and O–H groups in total. The molecule has 1 heterocycles. The Bertz CT molecular complexity index is 728. The predicted octanol–water partition coefficient (Wildman–Crippen LogP) is 2.97. The summed E-state index contributed by atoms with van der Waals surface area (Å²) in [6, 6.07) is 17.1. The van der Waals surface area contributed by atoms with E-state index in [0.29, 0.717) is 18.9 Å². The van der Waals surface area contributed by atoms with Crippen molar-refractivity contribution in [1.82, 2.24) is 9.80 Å². The van der Waals surface area contributed by atoms with Gasteiger partial charge in [-0.1, -0.05) is 48.0 Å². The molecule has 0 atom stereocenters. The van der Waals surface area contributed by atoms with E-state index < -0.39 is 0 Å². The van der Waals surface area contributed by atoms with Gasteiger partial charge >= 0.3 is 6.03 Å². The van der Waals surface area contributed by atoms with Crippen molar-refractivity contribution < 1.29 is 9.59 Å². The SMILES string of the molecule is Cc1ccc(N2CN(C)C(=O)N(CC(=O)c3ccccc3)C2)cc1. The molecule has 0 saturated carbocycles. The predicted molar refractivity (Wildman–Crippen MR) is 94.0 cm³/mol. The number of anilines is 1. The maximum Gasteiger partial charge on any atom is 0.323 e. The fourth-order valence-electron chi connectivity index (χ4n) is 2.79. The van der Waals surface area contributed by atoms with Gasteiger partial charge in [0.25, 0.3) is 0 Å². The molecule has 0 radical (unpaired) electrons. The largest absolute Gasteiger partial charge is 0.336 e. The lowest BCUT2D eigenvalue weighted by Gasteiger charge is -2.41. The highest BCUT2D eigenvalue weighted by Crippen LogP contribution is 2.20. The molecular weight excluding hydrogens is 302 g/mol. The zero-order valence-electron chi connectivity index (χ0n) is 14.0. The second-order valence-electron chi connectivity index (χ2n) is 6.13. The molecule has 1 aliphatic heterocycles. The van der Waals surface area contributed by atoms with Crippen molar-refractivity contribution in [1.29, 1.82) is 0 Å². The molecule has 0 spiro atoms. The molecule has 24 heavy (non-hydrogen) atoms. The van der Waals surface area contributed by atoms with Crippen LogP contribution in [0.1, 0.15) is 15.9 Å². The fourth-order valence-corrected chi connectivity index (χ4v) is 2.79. The number of hydrogen-bond acceptors (Lipinski definition) is 3. The Morgan fingerprint density at radius 2 is 1.67 bits per heavy atom. The number of hydrogen-bond donors (Lipinski definition) is 0. The minimum absolute atomic E-state index is 0.0527. The molecule has 0 aliphatic carbocycles. The van der Waals surface area contributed by atoms with E-state index in [1.807, 2.05) is 49.4 Å². The Morgan fingerprint density at radius 3 is 2.33 bits per heavy atom. The van der Waals surface area contributed by atoms with Crippen LogP contribution in [0.3, 0.4) is 0 Å². The Hall–Kier alpha value is -2.82. The van der Waals surface area contributed by atoms with E-state index >= 15 is 0 Å². The first kappa shape index (κ1) is 16.1. The monoisotopic (exact) mass is 323 g/mol. The molecule has 0 unspecified atom stereocenters. The maximum atomic E-state index is 12.4. The van der Waals surface area contributed by atoms with Crippen molar-refractivity contribution in [3.05, 3.63) is 65.7 Å². The fraction of sp³-hybridized carbons (Fsp3) is 0.263. The van der Waals surface area contributed by atoms with Crippen molar-refractivity contribution in [2.75, 3.05) is 31.8 Å². The van der Waals surface area contributed by atoms with Gasteiger partial charge in [-0.2, -0.15) is 0 Å². The summed E-state index contributed by atoms with van der Waals surface area (Å²) in [5.41, 5.74) is 2.86. The van der Waals surface area contributed by atoms with Gasteiger partial charge in [-0.15, -0.1) is 0 Å². The number of nitrogens with zero attached hydrogens (tertiary/aromatic N) is 3. The summed E-state index contributed by atoms with van der Waals surface area (Å²) in [4.78, 5) is 30.1. The van der Waals surface area contributed by atoms with Gasteiger partial charge < -0.3 is 9.80 Å². The van der Waals surface area contributed by atoms with Crippen LogP contribution in [0, 0.1) is 6.92 Å². The third-order valence-electron chi connectivity index (χ3n) is 4.15. The number of carbonyl (C=O) groups is 2. The summed E-state index contributed by atoms with van der Waals surface area (Å²) < 4.78 is 0. The van der Waals surface area contributed by atoms with E-state index in [4.69, 9.17) is 0 Å². The number of urea groups is 1. The third kappa shape index (κ3) is 3.40. The van der Waals surface area contributed by atoms with Crippen molar-refractivity contribution in [2.24, 2.45) is 0 Å². The van der Waals surface area contributed by atoms with Crippen LogP contribution in [0.4, 0.5) is 10.5 Å². The second-order valence-corrected chi connectivity index (χ2v) is 6.13. The highest BCUT2D eigenvalue weighted by atomic mass is 16.2. The van der Waals surface area contributed by atoms with Crippen molar-refractivity contribution in [3.8, 4) is 0 Å². The van der Waals surface area contributed by atoms with E-state index in [1.165, 1.54) is 5.56 Å². The smallest absolute Gasteiger partial charge is 0.323 e. The average Bonchev–Trinajstić information content (AvgIpc) is 2.60. The number of carbonyl (C=O) groups excluding carboxylic acids is 2. The molecule has 2 aromatic rings. The lowest BCUT2D eigenvalue weighted by molar-refractivity contribution is 0.0901. The summed E-state index contributed by atoms with van der Waals surface area (Å²) >= 11 is 0. The summed E-state index contributed by atoms with van der Waals surface area (Å²) in [5.74, 6) is -0.0527. The summed E-state index contributed by atoms with van der Waals surface area (Å²) in [7, 11) is 1.75. The van der Waals surface area contributed by atoms with E-state index in [9.17, 15) is 9.59 Å². The molecule has 1 aliphatic rings. The summed E-state index contributed by atoms with van der Waals surface area (Å²) in [6.45, 7) is 3.04. The Morgan fingerprint density at radius 1 is 1.00 bits per heavy atom. The van der Waals surface area contributed by atoms with E-state index in [-0.39, 0.29) is 18.4 Å². The van der Waals surface area contributed by atoms with E-state index in [1.54, 1.807) is 29.0 Å². The minimum atomic E-state index is -0.123. The molecule has 1 saturated heterocycles. The lowest BCUT2D eigenvalue weighted by atomic mass is 10.1. The van der Waals surface area contributed by atoms with Crippen LogP contribution >= 0.6 is 0 Å². The van der Waals surface area contributed by atoms with Gasteiger partial charge in [0.1, 0.15) is 0 Å². The average molecular weight is 323 g/mol. The van der Waals surface area contributed by atoms with Crippen molar-refractivity contribution >= 4 is 17.5 Å². The van der Waals surface area contributed by atoms with Gasteiger partial charge in [0, 0.05) is 18.3 Å². The molecule has 2 amide bonds. The highest BCUT2D eigenvalue weighted by molar-refractivity contribution is 5.99. The summed E-state index contributed by atoms with van der Waals surface area (Å²) in [6.07, 6.45) is 0. The topological polar surface area (TPSA) is 43.9 Å². The van der Waals surface area contributed by atoms with Crippen molar-refractivity contribution in [2.45, 2.75) is 6.92 Å². The highest BCUT2D eigenvalue weighted by Gasteiger charge is 2.29. The minimum Gasteiger partial charge on any atom is -0.336 e. The number of benzene rings is 2.